The molecule has 0 aliphatic carbocycles. The Hall–Kier alpha value is -3.65. The molecule has 0 spiro atoms. The van der Waals surface area contributed by atoms with E-state index < -0.39 is 0 Å². The predicted molar refractivity (Wildman–Crippen MR) is 152 cm³/mol. The van der Waals surface area contributed by atoms with Crippen molar-refractivity contribution in [3.05, 3.63) is 120 Å². The summed E-state index contributed by atoms with van der Waals surface area (Å²) in [6, 6.07) is 15.2. The van der Waals surface area contributed by atoms with Crippen LogP contribution in [0.5, 0.6) is 0 Å². The molecule has 34 heavy (non-hydrogen) atoms. The SMILES string of the molecule is C=C/C=C\C(C)/C(C)=C(/C=N/C=C\C=C/C)C(\C)=C/C(C)c1ccc2[nH]c3ccccc3c2c1. The van der Waals surface area contributed by atoms with Crippen LogP contribution < -0.4 is 0 Å². The second-order valence-electron chi connectivity index (χ2n) is 8.77. The minimum atomic E-state index is 0.270. The lowest BCUT2D eigenvalue weighted by atomic mass is 9.90. The second kappa shape index (κ2) is 12.0. The van der Waals surface area contributed by atoms with Crippen molar-refractivity contribution in [1.29, 1.82) is 0 Å². The number of aromatic amines is 1. The number of rotatable bonds is 9. The van der Waals surface area contributed by atoms with Gasteiger partial charge in [-0.15, -0.1) is 0 Å². The van der Waals surface area contributed by atoms with Gasteiger partial charge in [0.05, 0.1) is 0 Å². The highest BCUT2D eigenvalue weighted by Gasteiger charge is 2.12. The first-order valence-electron chi connectivity index (χ1n) is 12.0. The van der Waals surface area contributed by atoms with Crippen molar-refractivity contribution in [3.63, 3.8) is 0 Å². The van der Waals surface area contributed by atoms with Gasteiger partial charge in [0.15, 0.2) is 0 Å². The summed E-state index contributed by atoms with van der Waals surface area (Å²) in [5, 5.41) is 2.54. The van der Waals surface area contributed by atoms with Crippen LogP contribution in [0.4, 0.5) is 0 Å². The normalized spacial score (nSPS) is 15.9. The van der Waals surface area contributed by atoms with Gasteiger partial charge in [0.25, 0.3) is 0 Å². The predicted octanol–water partition coefficient (Wildman–Crippen LogP) is 9.23. The molecule has 2 heteroatoms. The van der Waals surface area contributed by atoms with E-state index in [1.54, 1.807) is 0 Å². The Balaban J connectivity index is 1.98. The molecule has 1 heterocycles. The highest BCUT2D eigenvalue weighted by atomic mass is 14.7. The molecule has 0 bridgehead atoms. The van der Waals surface area contributed by atoms with Gasteiger partial charge in [-0.1, -0.05) is 86.7 Å². The Bertz CT molecular complexity index is 1320. The van der Waals surface area contributed by atoms with E-state index in [2.05, 4.69) is 98.9 Å². The van der Waals surface area contributed by atoms with Gasteiger partial charge in [0.1, 0.15) is 0 Å². The maximum Gasteiger partial charge on any atom is 0.0465 e. The van der Waals surface area contributed by atoms with E-state index >= 15 is 0 Å². The third-order valence-corrected chi connectivity index (χ3v) is 6.30. The first-order valence-corrected chi connectivity index (χ1v) is 12.0. The van der Waals surface area contributed by atoms with E-state index in [0.717, 1.165) is 0 Å². The molecule has 2 nitrogen and oxygen atoms in total. The van der Waals surface area contributed by atoms with Crippen LogP contribution >= 0.6 is 0 Å². The number of aliphatic imine (C=N–C) groups is 1. The topological polar surface area (TPSA) is 28.1 Å². The molecule has 3 aromatic rings. The van der Waals surface area contributed by atoms with Crippen LogP contribution in [0.3, 0.4) is 0 Å². The van der Waals surface area contributed by atoms with Crippen LogP contribution in [-0.4, -0.2) is 11.2 Å². The van der Waals surface area contributed by atoms with Gasteiger partial charge in [0, 0.05) is 34.2 Å². The van der Waals surface area contributed by atoms with E-state index in [-0.39, 0.29) is 5.92 Å². The number of benzene rings is 2. The molecular weight excluding hydrogens is 412 g/mol. The summed E-state index contributed by atoms with van der Waals surface area (Å²) in [7, 11) is 0. The molecule has 0 saturated heterocycles. The summed E-state index contributed by atoms with van der Waals surface area (Å²) in [5.74, 6) is 0.562. The van der Waals surface area contributed by atoms with Crippen LogP contribution in [-0.2, 0) is 0 Å². The molecule has 0 radical (unpaired) electrons. The largest absolute Gasteiger partial charge is 0.355 e. The quantitative estimate of drug-likeness (QED) is 0.250. The first-order chi connectivity index (χ1) is 16.5. The zero-order valence-corrected chi connectivity index (χ0v) is 21.0. The molecule has 0 fully saturated rings. The molecule has 1 aromatic heterocycles. The van der Waals surface area contributed by atoms with E-state index in [0.29, 0.717) is 5.92 Å². The Morgan fingerprint density at radius 3 is 2.50 bits per heavy atom. The van der Waals surface area contributed by atoms with Gasteiger partial charge in [-0.25, -0.2) is 0 Å². The number of hydrogen-bond donors (Lipinski definition) is 1. The number of fused-ring (bicyclic) bond motifs is 3. The monoisotopic (exact) mass is 448 g/mol. The van der Waals surface area contributed by atoms with E-state index in [4.69, 9.17) is 0 Å². The summed E-state index contributed by atoms with van der Waals surface area (Å²) in [6.07, 6.45) is 18.1. The molecule has 0 amide bonds. The standard InChI is InChI=1S/C32H36N2/c1-7-9-13-19-33-22-30(26(6)23(3)14-10-8-2)25(5)20-24(4)27-17-18-32-29(21-27)28-15-11-12-16-31(28)34-32/h7-24,34H,2H2,1,3-6H3/b9-7-,14-10-,19-13-,25-20-,30-26-,33-22+. The minimum absolute atomic E-state index is 0.270. The molecule has 2 atom stereocenters. The van der Waals surface area contributed by atoms with Crippen molar-refractivity contribution in [2.24, 2.45) is 10.9 Å². The average Bonchev–Trinajstić information content (AvgIpc) is 3.22. The summed E-state index contributed by atoms with van der Waals surface area (Å²) in [6.45, 7) is 14.6. The van der Waals surface area contributed by atoms with Gasteiger partial charge in [-0.05, 0) is 73.6 Å². The van der Waals surface area contributed by atoms with Crippen molar-refractivity contribution in [2.75, 3.05) is 0 Å². The molecule has 1 N–H and O–H groups in total. The van der Waals surface area contributed by atoms with Crippen LogP contribution in [0.2, 0.25) is 0 Å². The summed E-state index contributed by atoms with van der Waals surface area (Å²) in [5.41, 5.74) is 7.35. The third kappa shape index (κ3) is 6.02. The third-order valence-electron chi connectivity index (χ3n) is 6.30. The van der Waals surface area contributed by atoms with Gasteiger partial charge < -0.3 is 4.98 Å². The van der Waals surface area contributed by atoms with Crippen molar-refractivity contribution in [2.45, 2.75) is 40.5 Å². The lowest BCUT2D eigenvalue weighted by Gasteiger charge is -2.15. The summed E-state index contributed by atoms with van der Waals surface area (Å²) < 4.78 is 0. The van der Waals surface area contributed by atoms with Crippen molar-refractivity contribution >= 4 is 28.0 Å². The minimum Gasteiger partial charge on any atom is -0.355 e. The van der Waals surface area contributed by atoms with Crippen molar-refractivity contribution in [1.82, 2.24) is 4.98 Å². The second-order valence-corrected chi connectivity index (χ2v) is 8.77. The van der Waals surface area contributed by atoms with Crippen LogP contribution in [0.1, 0.15) is 46.1 Å². The molecule has 0 aliphatic heterocycles. The number of hydrogen-bond acceptors (Lipinski definition) is 1. The Morgan fingerprint density at radius 1 is 0.971 bits per heavy atom. The number of nitrogens with zero attached hydrogens (tertiary/aromatic N) is 1. The van der Waals surface area contributed by atoms with Gasteiger partial charge in [-0.3, -0.25) is 4.99 Å². The lowest BCUT2D eigenvalue weighted by Crippen LogP contribution is -2.02. The fraction of sp³-hybridized carbons (Fsp3) is 0.219. The Kier molecular flexibility index (Phi) is 8.81. The Morgan fingerprint density at radius 2 is 1.74 bits per heavy atom. The maximum absolute atomic E-state index is 4.56. The number of aromatic nitrogens is 1. The molecule has 3 rings (SSSR count). The lowest BCUT2D eigenvalue weighted by molar-refractivity contribution is 0.854. The highest BCUT2D eigenvalue weighted by Crippen LogP contribution is 2.30. The average molecular weight is 449 g/mol. The Labute approximate surface area is 204 Å². The molecule has 0 aliphatic rings. The zero-order valence-electron chi connectivity index (χ0n) is 21.0. The van der Waals surface area contributed by atoms with Gasteiger partial charge >= 0.3 is 0 Å². The molecule has 2 aromatic carbocycles. The molecule has 0 saturated carbocycles. The number of para-hydroxylation sites is 1. The highest BCUT2D eigenvalue weighted by molar-refractivity contribution is 6.07. The van der Waals surface area contributed by atoms with Crippen molar-refractivity contribution < 1.29 is 0 Å². The van der Waals surface area contributed by atoms with E-state index in [9.17, 15) is 0 Å². The summed E-state index contributed by atoms with van der Waals surface area (Å²) >= 11 is 0. The number of allylic oxidation sites excluding steroid dienone is 10. The fourth-order valence-corrected chi connectivity index (χ4v) is 4.19. The smallest absolute Gasteiger partial charge is 0.0465 e. The van der Waals surface area contributed by atoms with E-state index in [1.807, 2.05) is 49.7 Å². The molecule has 2 unspecified atom stereocenters. The number of nitrogens with one attached hydrogen (secondary N) is 1. The van der Waals surface area contributed by atoms with E-state index in [1.165, 1.54) is 44.1 Å². The van der Waals surface area contributed by atoms with Gasteiger partial charge in [-0.2, -0.15) is 0 Å². The molecular formula is C32H36N2. The molecule has 174 valence electrons. The van der Waals surface area contributed by atoms with Gasteiger partial charge in [0.2, 0.25) is 0 Å². The maximum atomic E-state index is 4.56. The number of H-pyrrole nitrogens is 1. The fourth-order valence-electron chi connectivity index (χ4n) is 4.19. The van der Waals surface area contributed by atoms with Crippen LogP contribution in [0.25, 0.3) is 21.8 Å². The zero-order chi connectivity index (χ0) is 24.5. The van der Waals surface area contributed by atoms with Crippen LogP contribution in [0, 0.1) is 5.92 Å². The van der Waals surface area contributed by atoms with Crippen molar-refractivity contribution in [3.8, 4) is 0 Å². The first kappa shape index (κ1) is 25.0. The summed E-state index contributed by atoms with van der Waals surface area (Å²) in [4.78, 5) is 8.08. The van der Waals surface area contributed by atoms with Crippen LogP contribution in [0.15, 0.2) is 119 Å².